The van der Waals surface area contributed by atoms with Crippen LogP contribution in [0.3, 0.4) is 0 Å². The number of carbonyl (C=O) groups excluding carboxylic acids is 1. The third-order valence-corrected chi connectivity index (χ3v) is 5.64. The molecular formula is C20H15N3O2S2. The molecule has 0 unspecified atom stereocenters. The van der Waals surface area contributed by atoms with Crippen molar-refractivity contribution in [2.45, 2.75) is 0 Å². The van der Waals surface area contributed by atoms with Gasteiger partial charge in [0.2, 0.25) is 5.13 Å². The molecule has 0 bridgehead atoms. The van der Waals surface area contributed by atoms with E-state index in [-0.39, 0.29) is 5.91 Å². The molecule has 5 nitrogen and oxygen atoms in total. The van der Waals surface area contributed by atoms with Gasteiger partial charge in [0, 0.05) is 10.4 Å². The van der Waals surface area contributed by atoms with Gasteiger partial charge < -0.3 is 4.74 Å². The van der Waals surface area contributed by atoms with Crippen LogP contribution in [0, 0.1) is 0 Å². The quantitative estimate of drug-likeness (QED) is 0.352. The zero-order valence-corrected chi connectivity index (χ0v) is 16.0. The number of hydrazone groups is 1. The summed E-state index contributed by atoms with van der Waals surface area (Å²) in [6, 6.07) is 18.7. The Kier molecular flexibility index (Phi) is 4.95. The van der Waals surface area contributed by atoms with Crippen LogP contribution in [0.4, 0.5) is 5.13 Å². The molecule has 4 aromatic rings. The van der Waals surface area contributed by atoms with E-state index in [1.807, 2.05) is 41.8 Å². The molecule has 0 saturated heterocycles. The van der Waals surface area contributed by atoms with Crippen LogP contribution in [-0.2, 0) is 0 Å². The predicted molar refractivity (Wildman–Crippen MR) is 111 cm³/mol. The number of hydrogen-bond donors (Lipinski definition) is 0. The second kappa shape index (κ2) is 7.69. The van der Waals surface area contributed by atoms with Gasteiger partial charge in [-0.3, -0.25) is 4.79 Å². The van der Waals surface area contributed by atoms with Gasteiger partial charge in [0.1, 0.15) is 5.75 Å². The highest BCUT2D eigenvalue weighted by Gasteiger charge is 2.21. The molecule has 2 aromatic heterocycles. The van der Waals surface area contributed by atoms with Gasteiger partial charge in [0.05, 0.1) is 23.5 Å². The second-order valence-corrected chi connectivity index (χ2v) is 7.56. The first-order chi connectivity index (χ1) is 13.2. The van der Waals surface area contributed by atoms with Crippen molar-refractivity contribution in [3.63, 3.8) is 0 Å². The molecule has 0 aliphatic carbocycles. The lowest BCUT2D eigenvalue weighted by molar-refractivity contribution is 0.0987. The van der Waals surface area contributed by atoms with Crippen LogP contribution in [0.2, 0.25) is 0 Å². The van der Waals surface area contributed by atoms with Gasteiger partial charge in [0.25, 0.3) is 5.91 Å². The van der Waals surface area contributed by atoms with Gasteiger partial charge in [-0.05, 0) is 41.8 Å². The molecule has 0 radical (unpaired) electrons. The van der Waals surface area contributed by atoms with Gasteiger partial charge in [0.15, 0.2) is 0 Å². The number of hydrogen-bond acceptors (Lipinski definition) is 6. The van der Waals surface area contributed by atoms with E-state index in [9.17, 15) is 4.79 Å². The summed E-state index contributed by atoms with van der Waals surface area (Å²) in [6.07, 6.45) is 1.68. The Morgan fingerprint density at radius 3 is 2.81 bits per heavy atom. The number of carbonyl (C=O) groups is 1. The molecule has 0 saturated carbocycles. The van der Waals surface area contributed by atoms with Gasteiger partial charge in [-0.2, -0.15) is 10.1 Å². The molecule has 0 aliphatic heterocycles. The van der Waals surface area contributed by atoms with Crippen LogP contribution >= 0.6 is 22.7 Å². The lowest BCUT2D eigenvalue weighted by Crippen LogP contribution is -2.25. The number of rotatable bonds is 5. The maximum absolute atomic E-state index is 13.2. The van der Waals surface area contributed by atoms with Crippen LogP contribution in [0.1, 0.15) is 15.2 Å². The van der Waals surface area contributed by atoms with Crippen LogP contribution in [0.5, 0.6) is 5.75 Å². The molecular weight excluding hydrogens is 378 g/mol. The first-order valence-corrected chi connectivity index (χ1v) is 9.86. The van der Waals surface area contributed by atoms with Gasteiger partial charge >= 0.3 is 0 Å². The first kappa shape index (κ1) is 17.4. The van der Waals surface area contributed by atoms with Crippen LogP contribution < -0.4 is 9.75 Å². The van der Waals surface area contributed by atoms with E-state index in [4.69, 9.17) is 4.74 Å². The third-order valence-electron chi connectivity index (χ3n) is 3.82. The van der Waals surface area contributed by atoms with Crippen molar-refractivity contribution in [3.8, 4) is 5.75 Å². The molecule has 0 atom stereocenters. The predicted octanol–water partition coefficient (Wildman–Crippen LogP) is 5.05. The van der Waals surface area contributed by atoms with Gasteiger partial charge in [-0.25, -0.2) is 4.98 Å². The maximum atomic E-state index is 13.2. The van der Waals surface area contributed by atoms with Gasteiger partial charge in [-0.15, -0.1) is 11.3 Å². The molecule has 0 aliphatic rings. The summed E-state index contributed by atoms with van der Waals surface area (Å²) in [4.78, 5) is 18.7. The molecule has 7 heteroatoms. The van der Waals surface area contributed by atoms with E-state index in [2.05, 4.69) is 10.1 Å². The highest BCUT2D eigenvalue weighted by atomic mass is 32.1. The second-order valence-electron chi connectivity index (χ2n) is 5.57. The largest absolute Gasteiger partial charge is 0.497 e. The topological polar surface area (TPSA) is 54.8 Å². The van der Waals surface area contributed by atoms with Crippen molar-refractivity contribution in [1.82, 2.24) is 4.98 Å². The minimum Gasteiger partial charge on any atom is -0.497 e. The van der Waals surface area contributed by atoms with Crippen LogP contribution in [0.25, 0.3) is 10.2 Å². The highest BCUT2D eigenvalue weighted by molar-refractivity contribution is 7.22. The van der Waals surface area contributed by atoms with E-state index in [0.29, 0.717) is 16.4 Å². The van der Waals surface area contributed by atoms with Crippen LogP contribution in [-0.4, -0.2) is 24.2 Å². The van der Waals surface area contributed by atoms with Crippen molar-refractivity contribution in [1.29, 1.82) is 0 Å². The normalized spacial score (nSPS) is 11.1. The first-order valence-electron chi connectivity index (χ1n) is 8.16. The number of amides is 1. The summed E-state index contributed by atoms with van der Waals surface area (Å²) in [6.45, 7) is 0. The highest BCUT2D eigenvalue weighted by Crippen LogP contribution is 2.30. The van der Waals surface area contributed by atoms with Crippen molar-refractivity contribution >= 4 is 50.1 Å². The molecule has 27 heavy (non-hydrogen) atoms. The van der Waals surface area contributed by atoms with E-state index in [0.717, 1.165) is 15.1 Å². The number of anilines is 1. The fourth-order valence-corrected chi connectivity index (χ4v) is 4.00. The van der Waals surface area contributed by atoms with Gasteiger partial charge in [-0.1, -0.05) is 35.6 Å². The number of thiazole rings is 1. The molecule has 2 heterocycles. The molecule has 1 amide bonds. The number of aromatic nitrogens is 1. The van der Waals surface area contributed by atoms with E-state index in [1.54, 1.807) is 48.9 Å². The zero-order chi connectivity index (χ0) is 18.6. The molecule has 134 valence electrons. The van der Waals surface area contributed by atoms with Crippen molar-refractivity contribution < 1.29 is 9.53 Å². The number of nitrogens with zero attached hydrogens (tertiary/aromatic N) is 3. The summed E-state index contributed by atoms with van der Waals surface area (Å²) in [5.74, 6) is 0.355. The van der Waals surface area contributed by atoms with Crippen molar-refractivity contribution in [2.75, 3.05) is 12.1 Å². The summed E-state index contributed by atoms with van der Waals surface area (Å²) in [5.41, 5.74) is 1.32. The summed E-state index contributed by atoms with van der Waals surface area (Å²) in [5, 5.41) is 8.28. The number of methoxy groups -OCH3 is 1. The van der Waals surface area contributed by atoms with Crippen molar-refractivity contribution in [3.05, 3.63) is 76.5 Å². The number of benzene rings is 2. The maximum Gasteiger partial charge on any atom is 0.280 e. The minimum absolute atomic E-state index is 0.263. The lowest BCUT2D eigenvalue weighted by atomic mass is 10.2. The summed E-state index contributed by atoms with van der Waals surface area (Å²) < 4.78 is 6.24. The molecule has 4 rings (SSSR count). The fourth-order valence-electron chi connectivity index (χ4n) is 2.50. The van der Waals surface area contributed by atoms with Crippen molar-refractivity contribution in [2.24, 2.45) is 5.10 Å². The van der Waals surface area contributed by atoms with E-state index < -0.39 is 0 Å². The zero-order valence-electron chi connectivity index (χ0n) is 14.4. The number of thiophene rings is 1. The molecule has 0 N–H and O–H groups in total. The molecule has 0 spiro atoms. The van der Waals surface area contributed by atoms with E-state index >= 15 is 0 Å². The SMILES string of the molecule is COc1cccc(C(=O)N(/N=C\c2cccs2)c2nc3ccccc3s2)c1. The fraction of sp³-hybridized carbons (Fsp3) is 0.0500. The Hall–Kier alpha value is -3.03. The summed E-state index contributed by atoms with van der Waals surface area (Å²) in [7, 11) is 1.57. The Balaban J connectivity index is 1.75. The monoisotopic (exact) mass is 393 g/mol. The standard InChI is InChI=1S/C20H15N3O2S2/c1-25-15-7-4-6-14(12-15)19(24)23(21-13-16-8-5-11-26-16)20-22-17-9-2-3-10-18(17)27-20/h2-13H,1H3/b21-13-. The van der Waals surface area contributed by atoms with Crippen LogP contribution in [0.15, 0.2) is 71.1 Å². The number of ether oxygens (including phenoxy) is 1. The Bertz CT molecular complexity index is 1070. The minimum atomic E-state index is -0.263. The summed E-state index contributed by atoms with van der Waals surface area (Å²) >= 11 is 2.98. The smallest absolute Gasteiger partial charge is 0.280 e. The Labute approximate surface area is 164 Å². The number of fused-ring (bicyclic) bond motifs is 1. The molecule has 0 fully saturated rings. The third kappa shape index (κ3) is 3.74. The Morgan fingerprint density at radius 1 is 1.15 bits per heavy atom. The molecule has 2 aromatic carbocycles. The average molecular weight is 393 g/mol. The lowest BCUT2D eigenvalue weighted by Gasteiger charge is -2.14. The average Bonchev–Trinajstić information content (AvgIpc) is 3.37. The number of para-hydroxylation sites is 1. The Morgan fingerprint density at radius 2 is 2.04 bits per heavy atom. The van der Waals surface area contributed by atoms with E-state index in [1.165, 1.54) is 16.3 Å².